The maximum atomic E-state index is 12.6. The number of rotatable bonds is 9. The molecule has 33 heavy (non-hydrogen) atoms. The standard InChI is InChI=1S/C26H35N3O4/c1-28(23-9-14-31-15-10-23)11-18-33-25-4-2-3-21(19-25)20-27-26(30)22-5-7-24(8-6-22)29-12-16-32-17-13-29/h2-8,19,23H,9-18,20H2,1H3,(H,27,30). The first kappa shape index (κ1) is 23.5. The predicted octanol–water partition coefficient (Wildman–Crippen LogP) is 2.94. The van der Waals surface area contributed by atoms with E-state index in [9.17, 15) is 4.79 Å². The predicted molar refractivity (Wildman–Crippen MR) is 129 cm³/mol. The van der Waals surface area contributed by atoms with Crippen LogP contribution < -0.4 is 15.0 Å². The van der Waals surface area contributed by atoms with E-state index < -0.39 is 0 Å². The van der Waals surface area contributed by atoms with Gasteiger partial charge in [-0.1, -0.05) is 12.1 Å². The molecule has 178 valence electrons. The van der Waals surface area contributed by atoms with E-state index in [2.05, 4.69) is 22.2 Å². The lowest BCUT2D eigenvalue weighted by Gasteiger charge is -2.31. The van der Waals surface area contributed by atoms with Gasteiger partial charge >= 0.3 is 0 Å². The minimum atomic E-state index is -0.0760. The highest BCUT2D eigenvalue weighted by Crippen LogP contribution is 2.18. The third-order valence-electron chi connectivity index (χ3n) is 6.38. The van der Waals surface area contributed by atoms with Gasteiger partial charge in [0.1, 0.15) is 12.4 Å². The van der Waals surface area contributed by atoms with Crippen molar-refractivity contribution in [2.24, 2.45) is 0 Å². The van der Waals surface area contributed by atoms with E-state index in [4.69, 9.17) is 14.2 Å². The first-order valence-corrected chi connectivity index (χ1v) is 11.9. The maximum absolute atomic E-state index is 12.6. The van der Waals surface area contributed by atoms with E-state index in [0.717, 1.165) is 75.9 Å². The minimum Gasteiger partial charge on any atom is -0.492 e. The van der Waals surface area contributed by atoms with Crippen LogP contribution in [0, 0.1) is 0 Å². The van der Waals surface area contributed by atoms with Crippen LogP contribution in [0.3, 0.4) is 0 Å². The van der Waals surface area contributed by atoms with E-state index in [1.165, 1.54) is 0 Å². The van der Waals surface area contributed by atoms with Crippen LogP contribution >= 0.6 is 0 Å². The molecule has 0 saturated carbocycles. The van der Waals surface area contributed by atoms with Crippen molar-refractivity contribution in [3.63, 3.8) is 0 Å². The zero-order chi connectivity index (χ0) is 22.9. The van der Waals surface area contributed by atoms with Gasteiger partial charge in [0.15, 0.2) is 0 Å². The van der Waals surface area contributed by atoms with Gasteiger partial charge in [-0.05, 0) is 61.9 Å². The second-order valence-electron chi connectivity index (χ2n) is 8.65. The Morgan fingerprint density at radius 2 is 1.79 bits per heavy atom. The van der Waals surface area contributed by atoms with Crippen molar-refractivity contribution in [1.82, 2.24) is 10.2 Å². The van der Waals surface area contributed by atoms with Gasteiger partial charge in [0, 0.05) is 56.7 Å². The molecule has 2 aliphatic heterocycles. The van der Waals surface area contributed by atoms with Gasteiger partial charge in [-0.25, -0.2) is 0 Å². The molecule has 0 atom stereocenters. The summed E-state index contributed by atoms with van der Waals surface area (Å²) in [4.78, 5) is 17.2. The molecule has 0 bridgehead atoms. The van der Waals surface area contributed by atoms with Crippen molar-refractivity contribution in [2.45, 2.75) is 25.4 Å². The van der Waals surface area contributed by atoms with Gasteiger partial charge in [-0.3, -0.25) is 9.69 Å². The Kier molecular flexibility index (Phi) is 8.58. The quantitative estimate of drug-likeness (QED) is 0.630. The summed E-state index contributed by atoms with van der Waals surface area (Å²) in [7, 11) is 2.15. The zero-order valence-electron chi connectivity index (χ0n) is 19.5. The number of carbonyl (C=O) groups is 1. The second kappa shape index (κ2) is 12.0. The van der Waals surface area contributed by atoms with Gasteiger partial charge in [-0.2, -0.15) is 0 Å². The first-order chi connectivity index (χ1) is 16.2. The molecule has 2 aliphatic rings. The number of nitrogens with one attached hydrogen (secondary N) is 1. The molecule has 7 heteroatoms. The van der Waals surface area contributed by atoms with Crippen molar-refractivity contribution >= 4 is 11.6 Å². The third-order valence-corrected chi connectivity index (χ3v) is 6.38. The Labute approximate surface area is 196 Å². The van der Waals surface area contributed by atoms with Crippen molar-refractivity contribution < 1.29 is 19.0 Å². The second-order valence-corrected chi connectivity index (χ2v) is 8.65. The molecule has 0 radical (unpaired) electrons. The number of nitrogens with zero attached hydrogens (tertiary/aromatic N) is 2. The van der Waals surface area contributed by atoms with Gasteiger partial charge in [0.25, 0.3) is 5.91 Å². The largest absolute Gasteiger partial charge is 0.492 e. The highest BCUT2D eigenvalue weighted by Gasteiger charge is 2.18. The zero-order valence-corrected chi connectivity index (χ0v) is 19.5. The van der Waals surface area contributed by atoms with Crippen LogP contribution in [-0.4, -0.2) is 76.6 Å². The molecule has 2 aromatic carbocycles. The molecule has 0 aliphatic carbocycles. The van der Waals surface area contributed by atoms with Crippen molar-refractivity contribution in [1.29, 1.82) is 0 Å². The van der Waals surface area contributed by atoms with Crippen LogP contribution in [0.25, 0.3) is 0 Å². The maximum Gasteiger partial charge on any atom is 0.251 e. The van der Waals surface area contributed by atoms with Crippen molar-refractivity contribution in [3.05, 3.63) is 59.7 Å². The summed E-state index contributed by atoms with van der Waals surface area (Å²) in [6.07, 6.45) is 2.17. The summed E-state index contributed by atoms with van der Waals surface area (Å²) in [6.45, 7) is 6.94. The number of carbonyl (C=O) groups excluding carboxylic acids is 1. The monoisotopic (exact) mass is 453 g/mol. The molecule has 4 rings (SSSR count). The fraction of sp³-hybridized carbons (Fsp3) is 0.500. The first-order valence-electron chi connectivity index (χ1n) is 11.9. The summed E-state index contributed by atoms with van der Waals surface area (Å²) >= 11 is 0. The summed E-state index contributed by atoms with van der Waals surface area (Å²) in [5, 5.41) is 3.01. The number of benzene rings is 2. The van der Waals surface area contributed by atoms with E-state index in [0.29, 0.717) is 24.8 Å². The van der Waals surface area contributed by atoms with Gasteiger partial charge in [0.05, 0.1) is 13.2 Å². The average molecular weight is 454 g/mol. The van der Waals surface area contributed by atoms with Crippen LogP contribution in [0.2, 0.25) is 0 Å². The summed E-state index contributed by atoms with van der Waals surface area (Å²) in [5.74, 6) is 0.755. The molecule has 1 amide bonds. The smallest absolute Gasteiger partial charge is 0.251 e. The van der Waals surface area contributed by atoms with Crippen LogP contribution in [-0.2, 0) is 16.0 Å². The molecule has 1 N–H and O–H groups in total. The number of ether oxygens (including phenoxy) is 3. The fourth-order valence-corrected chi connectivity index (χ4v) is 4.29. The molecule has 2 heterocycles. The molecule has 2 fully saturated rings. The van der Waals surface area contributed by atoms with Gasteiger partial charge < -0.3 is 24.4 Å². The van der Waals surface area contributed by atoms with E-state index >= 15 is 0 Å². The summed E-state index contributed by atoms with van der Waals surface area (Å²) in [6, 6.07) is 16.3. The molecule has 0 aromatic heterocycles. The van der Waals surface area contributed by atoms with Crippen LogP contribution in [0.4, 0.5) is 5.69 Å². The lowest BCUT2D eigenvalue weighted by atomic mass is 10.1. The third kappa shape index (κ3) is 6.93. The van der Waals surface area contributed by atoms with Crippen LogP contribution in [0.1, 0.15) is 28.8 Å². The van der Waals surface area contributed by atoms with Crippen LogP contribution in [0.15, 0.2) is 48.5 Å². The number of anilines is 1. The topological polar surface area (TPSA) is 63.3 Å². The Morgan fingerprint density at radius 1 is 1.06 bits per heavy atom. The molecule has 0 spiro atoms. The highest BCUT2D eigenvalue weighted by atomic mass is 16.5. The van der Waals surface area contributed by atoms with E-state index in [1.807, 2.05) is 48.5 Å². The Bertz CT molecular complexity index is 877. The van der Waals surface area contributed by atoms with Gasteiger partial charge in [-0.15, -0.1) is 0 Å². The molecular formula is C26H35N3O4. The fourth-order valence-electron chi connectivity index (χ4n) is 4.29. The highest BCUT2D eigenvalue weighted by molar-refractivity contribution is 5.94. The molecule has 2 saturated heterocycles. The normalized spacial score (nSPS) is 17.2. The lowest BCUT2D eigenvalue weighted by Crippen LogP contribution is -2.38. The molecule has 0 unspecified atom stereocenters. The van der Waals surface area contributed by atoms with Gasteiger partial charge in [0.2, 0.25) is 0 Å². The molecule has 7 nitrogen and oxygen atoms in total. The SMILES string of the molecule is CN(CCOc1cccc(CNC(=O)c2ccc(N3CCOCC3)cc2)c1)C1CCOCC1. The Morgan fingerprint density at radius 3 is 2.55 bits per heavy atom. The number of likely N-dealkylation sites (N-methyl/N-ethyl adjacent to an activating group) is 1. The molecule has 2 aromatic rings. The summed E-state index contributed by atoms with van der Waals surface area (Å²) in [5.41, 5.74) is 2.81. The number of hydrogen-bond donors (Lipinski definition) is 1. The minimum absolute atomic E-state index is 0.0760. The van der Waals surface area contributed by atoms with Crippen molar-refractivity contribution in [3.8, 4) is 5.75 Å². The Balaban J connectivity index is 1.22. The number of amides is 1. The number of morpholine rings is 1. The van der Waals surface area contributed by atoms with E-state index in [-0.39, 0.29) is 5.91 Å². The lowest BCUT2D eigenvalue weighted by molar-refractivity contribution is 0.0392. The Hall–Kier alpha value is -2.61. The van der Waals surface area contributed by atoms with E-state index in [1.54, 1.807) is 0 Å². The van der Waals surface area contributed by atoms with Crippen LogP contribution in [0.5, 0.6) is 5.75 Å². The summed E-state index contributed by atoms with van der Waals surface area (Å²) < 4.78 is 16.8. The van der Waals surface area contributed by atoms with Crippen molar-refractivity contribution in [2.75, 3.05) is 64.6 Å². The molecular weight excluding hydrogens is 418 g/mol. The number of hydrogen-bond acceptors (Lipinski definition) is 6. The average Bonchev–Trinajstić information content (AvgIpc) is 2.88.